The van der Waals surface area contributed by atoms with E-state index in [1.165, 1.54) is 11.9 Å². The minimum Gasteiger partial charge on any atom is -0.364 e. The second kappa shape index (κ2) is 7.22. The van der Waals surface area contributed by atoms with E-state index in [4.69, 9.17) is 4.99 Å². The molecule has 1 aliphatic heterocycles. The molecule has 2 aromatic heterocycles. The summed E-state index contributed by atoms with van der Waals surface area (Å²) in [7, 11) is 0. The Morgan fingerprint density at radius 2 is 1.90 bits per heavy atom. The first-order valence-corrected chi connectivity index (χ1v) is 9.70. The summed E-state index contributed by atoms with van der Waals surface area (Å²) < 4.78 is 13.8. The van der Waals surface area contributed by atoms with E-state index >= 15 is 0 Å². The Morgan fingerprint density at radius 1 is 1.07 bits per heavy atom. The number of imidazole rings is 1. The quantitative estimate of drug-likeness (QED) is 0.513. The molecule has 0 saturated carbocycles. The van der Waals surface area contributed by atoms with E-state index in [1.807, 2.05) is 24.3 Å². The molecule has 4 aromatic rings. The summed E-state index contributed by atoms with van der Waals surface area (Å²) in [5.74, 6) is 0.366. The maximum Gasteiger partial charge on any atom is 0.312 e. The largest absolute Gasteiger partial charge is 0.364 e. The molecule has 1 unspecified atom stereocenters. The zero-order valence-electron chi connectivity index (χ0n) is 16.6. The van der Waals surface area contributed by atoms with Crippen LogP contribution < -0.4 is 20.8 Å². The number of anilines is 2. The summed E-state index contributed by atoms with van der Waals surface area (Å²) in [6, 6.07) is 14.3. The van der Waals surface area contributed by atoms with Crippen LogP contribution in [0.5, 0.6) is 0 Å². The second-order valence-corrected chi connectivity index (χ2v) is 7.26. The van der Waals surface area contributed by atoms with Crippen LogP contribution in [-0.4, -0.2) is 32.6 Å². The lowest BCUT2D eigenvalue weighted by molar-refractivity contribution is 0.544. The molecule has 0 spiro atoms. The van der Waals surface area contributed by atoms with Gasteiger partial charge in [-0.05, 0) is 37.1 Å². The first-order valence-electron chi connectivity index (χ1n) is 9.70. The number of hydrogen-bond acceptors (Lipinski definition) is 6. The van der Waals surface area contributed by atoms with Gasteiger partial charge >= 0.3 is 6.08 Å². The molecule has 0 fully saturated rings. The van der Waals surface area contributed by atoms with Crippen molar-refractivity contribution in [3.63, 3.8) is 0 Å². The third-order valence-electron chi connectivity index (χ3n) is 5.28. The first-order chi connectivity index (χ1) is 14.6. The van der Waals surface area contributed by atoms with Gasteiger partial charge in [-0.2, -0.15) is 14.4 Å². The predicted octanol–water partition coefficient (Wildman–Crippen LogP) is 2.42. The number of fused-ring (bicyclic) bond motifs is 2. The fourth-order valence-corrected chi connectivity index (χ4v) is 3.74. The number of nitrogens with one attached hydrogen (secondary N) is 2. The summed E-state index contributed by atoms with van der Waals surface area (Å²) in [4.78, 5) is 21.7. The molecule has 1 atom stereocenters. The molecule has 8 heteroatoms. The minimum atomic E-state index is -0.819. The number of H-pyrrole nitrogens is 1. The molecule has 0 amide bonds. The molecule has 30 heavy (non-hydrogen) atoms. The summed E-state index contributed by atoms with van der Waals surface area (Å²) in [6.45, 7) is 4.58. The lowest BCUT2D eigenvalue weighted by atomic mass is 10.1. The lowest BCUT2D eigenvalue weighted by Crippen LogP contribution is -2.46. The van der Waals surface area contributed by atoms with E-state index < -0.39 is 6.08 Å². The van der Waals surface area contributed by atoms with Crippen molar-refractivity contribution >= 4 is 28.9 Å². The number of hydrogen-bond donors (Lipinski definition) is 2. The van der Waals surface area contributed by atoms with Gasteiger partial charge in [0.1, 0.15) is 11.7 Å². The topological polar surface area (TPSA) is 82.1 Å². The molecule has 2 aromatic carbocycles. The van der Waals surface area contributed by atoms with Crippen molar-refractivity contribution in [2.75, 3.05) is 16.8 Å². The number of nitrogens with zero attached hydrogens (tertiary/aromatic N) is 5. The highest BCUT2D eigenvalue weighted by Crippen LogP contribution is 2.24. The maximum absolute atomic E-state index is 13.8. The Morgan fingerprint density at radius 3 is 2.77 bits per heavy atom. The predicted molar refractivity (Wildman–Crippen MR) is 114 cm³/mol. The van der Waals surface area contributed by atoms with Crippen molar-refractivity contribution in [1.82, 2.24) is 19.9 Å². The average molecular weight is 401 g/mol. The Bertz CT molecular complexity index is 1360. The highest BCUT2D eigenvalue weighted by Gasteiger charge is 2.22. The Hall–Kier alpha value is -3.81. The molecule has 0 bridgehead atoms. The summed E-state index contributed by atoms with van der Waals surface area (Å²) in [6.07, 6.45) is 2.55. The van der Waals surface area contributed by atoms with Gasteiger partial charge in [0.2, 0.25) is 0 Å². The minimum absolute atomic E-state index is 0.239. The number of aromatic amines is 1. The van der Waals surface area contributed by atoms with Crippen LogP contribution in [0.25, 0.3) is 17.4 Å². The van der Waals surface area contributed by atoms with E-state index in [0.717, 1.165) is 21.8 Å². The van der Waals surface area contributed by atoms with Crippen LogP contribution in [0.1, 0.15) is 11.1 Å². The Balaban J connectivity index is 1.56. The van der Waals surface area contributed by atoms with E-state index in [-0.39, 0.29) is 11.8 Å². The van der Waals surface area contributed by atoms with Gasteiger partial charge in [0.25, 0.3) is 0 Å². The number of halogens is 1. The van der Waals surface area contributed by atoms with Gasteiger partial charge < -0.3 is 15.2 Å². The molecule has 7 nitrogen and oxygen atoms in total. The third-order valence-corrected chi connectivity index (χ3v) is 5.28. The zero-order chi connectivity index (χ0) is 20.7. The van der Waals surface area contributed by atoms with Crippen LogP contribution in [0.2, 0.25) is 0 Å². The standard InChI is InChI=1S/C22H20FN7/c1-13-7-5-8-16-15(13)11-30(17-9-4-3-6-14(17)2)18(27-16)10-24-20-19-21(26-12-25-19)29-22(23)28-20/h3-9,11-12,18H,10H2,1-2H3,(H2,24,25,26,28,29). The van der Waals surface area contributed by atoms with Crippen molar-refractivity contribution in [1.29, 1.82) is 0 Å². The fraction of sp³-hybridized carbons (Fsp3) is 0.182. The van der Waals surface area contributed by atoms with E-state index in [1.54, 1.807) is 0 Å². The van der Waals surface area contributed by atoms with Gasteiger partial charge in [-0.25, -0.2) is 4.98 Å². The van der Waals surface area contributed by atoms with Gasteiger partial charge in [-0.1, -0.05) is 30.3 Å². The zero-order valence-corrected chi connectivity index (χ0v) is 16.6. The van der Waals surface area contributed by atoms with Gasteiger partial charge in [0.15, 0.2) is 11.5 Å². The number of aromatic nitrogens is 4. The second-order valence-electron chi connectivity index (χ2n) is 7.26. The summed E-state index contributed by atoms with van der Waals surface area (Å²) >= 11 is 0. The number of benzene rings is 2. The summed E-state index contributed by atoms with van der Waals surface area (Å²) in [5, 5.41) is 5.27. The van der Waals surface area contributed by atoms with Crippen LogP contribution in [0, 0.1) is 19.9 Å². The smallest absolute Gasteiger partial charge is 0.312 e. The van der Waals surface area contributed by atoms with E-state index in [9.17, 15) is 4.39 Å². The summed E-state index contributed by atoms with van der Waals surface area (Å²) in [5.41, 5.74) is 4.24. The van der Waals surface area contributed by atoms with Gasteiger partial charge in [-0.3, -0.25) is 4.99 Å². The molecule has 5 rings (SSSR count). The monoisotopic (exact) mass is 401 g/mol. The number of rotatable bonds is 4. The van der Waals surface area contributed by atoms with Crippen LogP contribution in [-0.2, 0) is 0 Å². The van der Waals surface area contributed by atoms with E-state index in [0.29, 0.717) is 17.9 Å². The molecular weight excluding hydrogens is 381 g/mol. The molecule has 0 saturated heterocycles. The fourth-order valence-electron chi connectivity index (χ4n) is 3.74. The van der Waals surface area contributed by atoms with Gasteiger partial charge in [-0.15, -0.1) is 0 Å². The molecule has 1 aliphatic rings. The van der Waals surface area contributed by atoms with Crippen molar-refractivity contribution in [3.8, 4) is 0 Å². The normalized spacial score (nSPS) is 15.4. The molecule has 150 valence electrons. The molecule has 2 N–H and O–H groups in total. The highest BCUT2D eigenvalue weighted by atomic mass is 19.1. The molecule has 3 heterocycles. The average Bonchev–Trinajstić information content (AvgIpc) is 3.21. The van der Waals surface area contributed by atoms with Crippen molar-refractivity contribution in [2.45, 2.75) is 20.0 Å². The van der Waals surface area contributed by atoms with Gasteiger partial charge in [0, 0.05) is 17.1 Å². The lowest BCUT2D eigenvalue weighted by Gasteiger charge is -2.31. The number of para-hydroxylation sites is 1. The van der Waals surface area contributed by atoms with E-state index in [2.05, 4.69) is 68.4 Å². The van der Waals surface area contributed by atoms with Crippen LogP contribution in [0.4, 0.5) is 15.9 Å². The highest BCUT2D eigenvalue weighted by molar-refractivity contribution is 5.82. The van der Waals surface area contributed by atoms with Crippen molar-refractivity contribution < 1.29 is 4.39 Å². The third kappa shape index (κ3) is 3.16. The van der Waals surface area contributed by atoms with Crippen LogP contribution in [0.3, 0.4) is 0 Å². The number of aryl methyl sites for hydroxylation is 2. The Kier molecular flexibility index (Phi) is 4.39. The van der Waals surface area contributed by atoms with Crippen LogP contribution in [0.15, 0.2) is 53.8 Å². The molecular formula is C22H20FN7. The van der Waals surface area contributed by atoms with Crippen molar-refractivity contribution in [2.24, 2.45) is 4.99 Å². The van der Waals surface area contributed by atoms with Crippen LogP contribution >= 0.6 is 0 Å². The van der Waals surface area contributed by atoms with Crippen molar-refractivity contribution in [3.05, 3.63) is 76.6 Å². The SMILES string of the molecule is Cc1ccccc1N1C=c2c(C)cccc2=NC1CNc1nc(F)nc2nc[nH]c12. The maximum atomic E-state index is 13.8. The first kappa shape index (κ1) is 18.2. The van der Waals surface area contributed by atoms with Gasteiger partial charge in [0.05, 0.1) is 18.2 Å². The molecule has 0 aliphatic carbocycles. The molecule has 0 radical (unpaired) electrons. The Labute approximate surface area is 172 Å².